The number of carboxylic acids is 2. The van der Waals surface area contributed by atoms with Crippen LogP contribution in [0.2, 0.25) is 0 Å². The van der Waals surface area contributed by atoms with Crippen LogP contribution < -0.4 is 14.0 Å². The minimum atomic E-state index is -1.15. The second kappa shape index (κ2) is 9.92. The van der Waals surface area contributed by atoms with Crippen molar-refractivity contribution in [2.45, 2.75) is 24.3 Å². The number of carbonyl (C=O) groups is 2. The maximum absolute atomic E-state index is 11.3. The van der Waals surface area contributed by atoms with Gasteiger partial charge in [-0.2, -0.15) is 0 Å². The van der Waals surface area contributed by atoms with Crippen molar-refractivity contribution in [1.82, 2.24) is 9.97 Å². The topological polar surface area (TPSA) is 126 Å². The minimum absolute atomic E-state index is 0.414. The van der Waals surface area contributed by atoms with E-state index in [1.54, 1.807) is 14.2 Å². The summed E-state index contributed by atoms with van der Waals surface area (Å²) in [4.78, 5) is 30.2. The van der Waals surface area contributed by atoms with E-state index in [9.17, 15) is 14.7 Å². The third-order valence-corrected chi connectivity index (χ3v) is 7.19. The standard InChI is InChI=1S/C20H21N3O6S2/c1-11-15(10-30-31-17(19(26)27)9-18(24)25)23(7-6-16(11)29-3)20-21-13-5-4-12(28-2)8-14(13)22-20/h4-8,17H,9-10H2,1-3H3,(H2-,21,22,24,25,26,27)/p+1. The lowest BCUT2D eigenvalue weighted by molar-refractivity contribution is -0.610. The van der Waals surface area contributed by atoms with Crippen LogP contribution in [-0.2, 0) is 15.3 Å². The smallest absolute Gasteiger partial charge is 0.402 e. The number of pyridine rings is 1. The molecule has 0 aliphatic rings. The molecule has 1 atom stereocenters. The second-order valence-electron chi connectivity index (χ2n) is 6.55. The summed E-state index contributed by atoms with van der Waals surface area (Å²) in [5.41, 5.74) is 3.32. The number of rotatable bonds is 10. The average Bonchev–Trinajstić information content (AvgIpc) is 3.16. The van der Waals surface area contributed by atoms with Gasteiger partial charge in [-0.15, -0.1) is 0 Å². The molecule has 0 spiro atoms. The summed E-state index contributed by atoms with van der Waals surface area (Å²) in [7, 11) is 5.48. The third kappa shape index (κ3) is 5.23. The normalized spacial score (nSPS) is 12.0. The van der Waals surface area contributed by atoms with Crippen LogP contribution in [0.15, 0.2) is 30.5 Å². The number of nitrogens with one attached hydrogen (secondary N) is 1. The highest BCUT2D eigenvalue weighted by molar-refractivity contribution is 8.76. The summed E-state index contributed by atoms with van der Waals surface area (Å²) in [5.74, 6) is 0.110. The van der Waals surface area contributed by atoms with Gasteiger partial charge in [-0.05, 0) is 19.1 Å². The maximum atomic E-state index is 11.3. The van der Waals surface area contributed by atoms with Gasteiger partial charge in [0.2, 0.25) is 0 Å². The molecule has 164 valence electrons. The molecular formula is C20H22N3O6S2+. The van der Waals surface area contributed by atoms with Crippen molar-refractivity contribution in [3.63, 3.8) is 0 Å². The maximum Gasteiger partial charge on any atom is 0.402 e. The van der Waals surface area contributed by atoms with Gasteiger partial charge in [0.1, 0.15) is 28.0 Å². The van der Waals surface area contributed by atoms with Crippen molar-refractivity contribution < 1.29 is 33.8 Å². The number of carboxylic acid groups (broad SMARTS) is 2. The highest BCUT2D eigenvalue weighted by Crippen LogP contribution is 2.33. The first kappa shape index (κ1) is 22.8. The van der Waals surface area contributed by atoms with E-state index in [1.807, 2.05) is 42.0 Å². The first-order valence-corrected chi connectivity index (χ1v) is 11.6. The number of aliphatic carboxylic acids is 2. The quantitative estimate of drug-likeness (QED) is 0.307. The molecule has 2 aromatic heterocycles. The predicted octanol–water partition coefficient (Wildman–Crippen LogP) is 2.97. The summed E-state index contributed by atoms with van der Waals surface area (Å²) in [5, 5.41) is 17.2. The molecule has 0 saturated carbocycles. The van der Waals surface area contributed by atoms with Crippen LogP contribution in [0.1, 0.15) is 17.7 Å². The van der Waals surface area contributed by atoms with Crippen LogP contribution >= 0.6 is 21.6 Å². The number of benzene rings is 1. The van der Waals surface area contributed by atoms with E-state index in [2.05, 4.69) is 9.97 Å². The van der Waals surface area contributed by atoms with Crippen molar-refractivity contribution >= 4 is 44.6 Å². The third-order valence-electron chi connectivity index (χ3n) is 4.61. The lowest BCUT2D eigenvalue weighted by atomic mass is 10.2. The molecule has 3 aromatic rings. The minimum Gasteiger partial charge on any atom is -0.497 e. The fraction of sp³-hybridized carbons (Fsp3) is 0.300. The number of H-pyrrole nitrogens is 1. The number of aromatic amines is 1. The molecule has 2 heterocycles. The Morgan fingerprint density at radius 1 is 1.23 bits per heavy atom. The number of ether oxygens (including phenoxy) is 2. The van der Waals surface area contributed by atoms with Crippen LogP contribution in [0.4, 0.5) is 0 Å². The number of methoxy groups -OCH3 is 2. The summed E-state index contributed by atoms with van der Waals surface area (Å²) >= 11 is 0. The monoisotopic (exact) mass is 464 g/mol. The Balaban J connectivity index is 1.92. The fourth-order valence-electron chi connectivity index (χ4n) is 2.99. The molecule has 3 N–H and O–H groups in total. The van der Waals surface area contributed by atoms with Crippen LogP contribution in [0, 0.1) is 6.92 Å². The van der Waals surface area contributed by atoms with Crippen molar-refractivity contribution in [2.24, 2.45) is 0 Å². The highest BCUT2D eigenvalue weighted by Gasteiger charge is 2.24. The zero-order valence-corrected chi connectivity index (χ0v) is 18.7. The molecule has 9 nitrogen and oxygen atoms in total. The molecule has 0 bridgehead atoms. The van der Waals surface area contributed by atoms with Crippen LogP contribution in [0.5, 0.6) is 11.5 Å². The van der Waals surface area contributed by atoms with E-state index < -0.39 is 23.6 Å². The first-order chi connectivity index (χ1) is 14.8. The van der Waals surface area contributed by atoms with Gasteiger partial charge in [0.15, 0.2) is 5.52 Å². The number of imidazole rings is 1. The zero-order valence-electron chi connectivity index (χ0n) is 17.1. The summed E-state index contributed by atoms with van der Waals surface area (Å²) < 4.78 is 12.6. The summed E-state index contributed by atoms with van der Waals surface area (Å²) in [6.07, 6.45) is 1.38. The molecule has 3 rings (SSSR count). The number of aromatic nitrogens is 3. The Bertz CT molecular complexity index is 1120. The lowest BCUT2D eigenvalue weighted by Crippen LogP contribution is -2.37. The van der Waals surface area contributed by atoms with Gasteiger partial charge in [-0.3, -0.25) is 9.59 Å². The molecule has 11 heteroatoms. The van der Waals surface area contributed by atoms with E-state index in [0.717, 1.165) is 33.1 Å². The number of hydrogen-bond acceptors (Lipinski definition) is 7. The lowest BCUT2D eigenvalue weighted by Gasteiger charge is -2.13. The van der Waals surface area contributed by atoms with Crippen molar-refractivity contribution in [1.29, 1.82) is 0 Å². The molecule has 1 aromatic carbocycles. The van der Waals surface area contributed by atoms with Gasteiger partial charge in [-0.25, -0.2) is 9.55 Å². The molecule has 0 aliphatic heterocycles. The average molecular weight is 465 g/mol. The molecule has 0 fully saturated rings. The van der Waals surface area contributed by atoms with Crippen LogP contribution in [-0.4, -0.2) is 51.6 Å². The summed E-state index contributed by atoms with van der Waals surface area (Å²) in [6, 6.07) is 7.38. The Morgan fingerprint density at radius 3 is 2.65 bits per heavy atom. The van der Waals surface area contributed by atoms with E-state index in [-0.39, 0.29) is 0 Å². The zero-order chi connectivity index (χ0) is 22.5. The number of hydrogen-bond donors (Lipinski definition) is 3. The molecule has 0 amide bonds. The Labute approximate surface area is 186 Å². The van der Waals surface area contributed by atoms with Gasteiger partial charge in [0.05, 0.1) is 32.6 Å². The fourth-order valence-corrected chi connectivity index (χ4v) is 5.46. The van der Waals surface area contributed by atoms with E-state index >= 15 is 0 Å². The Hall–Kier alpha value is -2.92. The second-order valence-corrected chi connectivity index (χ2v) is 9.12. The molecule has 0 aliphatic carbocycles. The van der Waals surface area contributed by atoms with Crippen LogP contribution in [0.25, 0.3) is 17.0 Å². The number of nitrogens with zero attached hydrogens (tertiary/aromatic N) is 2. The molecule has 0 radical (unpaired) electrons. The Morgan fingerprint density at radius 2 is 2.00 bits per heavy atom. The SMILES string of the molecule is COc1ccc2nc(-[n+]3ccc(OC)c(C)c3CSSC(CC(=O)O)C(=O)O)[nH]c2c1. The number of fused-ring (bicyclic) bond motifs is 1. The Kier molecular flexibility index (Phi) is 7.29. The van der Waals surface area contributed by atoms with Gasteiger partial charge in [-0.1, -0.05) is 26.6 Å². The van der Waals surface area contributed by atoms with Crippen molar-refractivity contribution in [3.05, 3.63) is 41.7 Å². The van der Waals surface area contributed by atoms with Gasteiger partial charge in [0.25, 0.3) is 0 Å². The van der Waals surface area contributed by atoms with Crippen molar-refractivity contribution in [2.75, 3.05) is 14.2 Å². The summed E-state index contributed by atoms with van der Waals surface area (Å²) in [6.45, 7) is 1.91. The predicted molar refractivity (Wildman–Crippen MR) is 118 cm³/mol. The van der Waals surface area contributed by atoms with Crippen molar-refractivity contribution in [3.8, 4) is 17.4 Å². The van der Waals surface area contributed by atoms with Gasteiger partial charge < -0.3 is 19.7 Å². The van der Waals surface area contributed by atoms with E-state index in [1.165, 1.54) is 10.8 Å². The molecular weight excluding hydrogens is 442 g/mol. The van der Waals surface area contributed by atoms with Crippen LogP contribution in [0.3, 0.4) is 0 Å². The van der Waals surface area contributed by atoms with E-state index in [0.29, 0.717) is 23.2 Å². The van der Waals surface area contributed by atoms with Gasteiger partial charge in [0, 0.05) is 17.7 Å². The molecule has 31 heavy (non-hydrogen) atoms. The largest absolute Gasteiger partial charge is 0.497 e. The highest BCUT2D eigenvalue weighted by atomic mass is 33.1. The van der Waals surface area contributed by atoms with E-state index in [4.69, 9.17) is 14.6 Å². The molecule has 1 unspecified atom stereocenters. The van der Waals surface area contributed by atoms with Gasteiger partial charge >= 0.3 is 17.9 Å². The molecule has 0 saturated heterocycles. The first-order valence-electron chi connectivity index (χ1n) is 9.19.